The summed E-state index contributed by atoms with van der Waals surface area (Å²) in [5.41, 5.74) is 0.594. The molecule has 10 heavy (non-hydrogen) atoms. The Morgan fingerprint density at radius 1 is 1.50 bits per heavy atom. The first kappa shape index (κ1) is 8.02. The molecule has 0 atom stereocenters. The van der Waals surface area contributed by atoms with Gasteiger partial charge in [0.25, 0.3) is 0 Å². The van der Waals surface area contributed by atoms with Gasteiger partial charge in [0, 0.05) is 0 Å². The number of aryl methyl sites for hydroxylation is 1. The van der Waals surface area contributed by atoms with E-state index in [9.17, 15) is 4.39 Å². The van der Waals surface area contributed by atoms with E-state index in [0.717, 1.165) is 0 Å². The predicted molar refractivity (Wildman–Crippen MR) is 43.8 cm³/mol. The third kappa shape index (κ3) is 1.32. The van der Waals surface area contributed by atoms with Crippen molar-refractivity contribution in [1.82, 2.24) is 0 Å². The molecule has 0 saturated carbocycles. The molecule has 3 heteroatoms. The number of halogens is 3. The van der Waals surface area contributed by atoms with E-state index in [1.54, 1.807) is 19.1 Å². The van der Waals surface area contributed by atoms with Crippen LogP contribution in [0.15, 0.2) is 16.6 Å². The number of rotatable bonds is 0. The van der Waals surface area contributed by atoms with E-state index in [1.165, 1.54) is 0 Å². The fourth-order valence-electron chi connectivity index (χ4n) is 0.622. The number of hydrogen-bond acceptors (Lipinski definition) is 0. The Labute approximate surface area is 72.1 Å². The van der Waals surface area contributed by atoms with Crippen LogP contribution in [-0.2, 0) is 0 Å². The lowest BCUT2D eigenvalue weighted by atomic mass is 10.2. The molecule has 0 heterocycles. The van der Waals surface area contributed by atoms with Crippen LogP contribution in [-0.4, -0.2) is 0 Å². The van der Waals surface area contributed by atoms with Crippen LogP contribution < -0.4 is 0 Å². The van der Waals surface area contributed by atoms with Gasteiger partial charge in [-0.3, -0.25) is 0 Å². The van der Waals surface area contributed by atoms with Crippen molar-refractivity contribution >= 4 is 27.5 Å². The van der Waals surface area contributed by atoms with Crippen LogP contribution in [0.3, 0.4) is 0 Å². The molecule has 0 spiro atoms. The van der Waals surface area contributed by atoms with Gasteiger partial charge in [-0.1, -0.05) is 17.7 Å². The van der Waals surface area contributed by atoms with E-state index >= 15 is 0 Å². The summed E-state index contributed by atoms with van der Waals surface area (Å²) in [6, 6.07) is 3.30. The van der Waals surface area contributed by atoms with E-state index in [-0.39, 0.29) is 5.82 Å². The SMILES string of the molecule is Cc1ccc(Cl)c(Br)c1F. The van der Waals surface area contributed by atoms with Crippen LogP contribution >= 0.6 is 27.5 Å². The summed E-state index contributed by atoms with van der Waals surface area (Å²) in [7, 11) is 0. The summed E-state index contributed by atoms with van der Waals surface area (Å²) in [6.07, 6.45) is 0. The van der Waals surface area contributed by atoms with Gasteiger partial charge in [0.15, 0.2) is 0 Å². The second-order valence-electron chi connectivity index (χ2n) is 1.99. The molecule has 0 N–H and O–H groups in total. The van der Waals surface area contributed by atoms with Crippen molar-refractivity contribution < 1.29 is 4.39 Å². The first-order chi connectivity index (χ1) is 4.63. The minimum Gasteiger partial charge on any atom is -0.205 e. The van der Waals surface area contributed by atoms with Crippen molar-refractivity contribution in [3.8, 4) is 0 Å². The Hall–Kier alpha value is -0.0800. The van der Waals surface area contributed by atoms with Crippen molar-refractivity contribution in [2.75, 3.05) is 0 Å². The van der Waals surface area contributed by atoms with Crippen LogP contribution in [0.25, 0.3) is 0 Å². The number of benzene rings is 1. The maximum atomic E-state index is 12.9. The smallest absolute Gasteiger partial charge is 0.141 e. The summed E-state index contributed by atoms with van der Waals surface area (Å²) in [6.45, 7) is 1.69. The van der Waals surface area contributed by atoms with Crippen LogP contribution in [0.1, 0.15) is 5.56 Å². The maximum absolute atomic E-state index is 12.9. The minimum absolute atomic E-state index is 0.285. The molecule has 0 radical (unpaired) electrons. The average molecular weight is 223 g/mol. The van der Waals surface area contributed by atoms with Crippen molar-refractivity contribution in [3.05, 3.63) is 33.0 Å². The summed E-state index contributed by atoms with van der Waals surface area (Å²) < 4.78 is 13.2. The predicted octanol–water partition coefficient (Wildman–Crippen LogP) is 3.55. The molecule has 0 aliphatic rings. The molecular weight excluding hydrogens is 218 g/mol. The lowest BCUT2D eigenvalue weighted by molar-refractivity contribution is 0.612. The van der Waals surface area contributed by atoms with E-state index in [1.807, 2.05) is 0 Å². The van der Waals surface area contributed by atoms with Gasteiger partial charge >= 0.3 is 0 Å². The third-order valence-corrected chi connectivity index (χ3v) is 2.55. The van der Waals surface area contributed by atoms with Gasteiger partial charge < -0.3 is 0 Å². The fourth-order valence-corrected chi connectivity index (χ4v) is 1.21. The van der Waals surface area contributed by atoms with E-state index in [4.69, 9.17) is 11.6 Å². The first-order valence-corrected chi connectivity index (χ1v) is 3.90. The standard InChI is InChI=1S/C7H5BrClF/c1-4-2-3-5(9)6(8)7(4)10/h2-3H,1H3. The Bertz CT molecular complexity index is 233. The maximum Gasteiger partial charge on any atom is 0.141 e. The van der Waals surface area contributed by atoms with Crippen LogP contribution in [0.2, 0.25) is 5.02 Å². The minimum atomic E-state index is -0.285. The Morgan fingerprint density at radius 3 is 2.60 bits per heavy atom. The molecule has 1 aromatic rings. The molecule has 0 bridgehead atoms. The normalized spacial score (nSPS) is 10.0. The highest BCUT2D eigenvalue weighted by molar-refractivity contribution is 9.10. The molecule has 1 aromatic carbocycles. The zero-order chi connectivity index (χ0) is 7.72. The molecule has 0 saturated heterocycles. The molecule has 54 valence electrons. The van der Waals surface area contributed by atoms with Crippen molar-refractivity contribution in [1.29, 1.82) is 0 Å². The Morgan fingerprint density at radius 2 is 2.10 bits per heavy atom. The Balaban J connectivity index is 3.34. The van der Waals surface area contributed by atoms with Gasteiger partial charge in [-0.05, 0) is 34.5 Å². The highest BCUT2D eigenvalue weighted by atomic mass is 79.9. The molecule has 0 unspecified atom stereocenters. The van der Waals surface area contributed by atoms with Gasteiger partial charge in [0.05, 0.1) is 9.50 Å². The van der Waals surface area contributed by atoms with E-state index in [2.05, 4.69) is 15.9 Å². The molecule has 0 nitrogen and oxygen atoms in total. The van der Waals surface area contributed by atoms with Gasteiger partial charge in [-0.25, -0.2) is 4.39 Å². The molecule has 0 aliphatic carbocycles. The summed E-state index contributed by atoms with van der Waals surface area (Å²) in [4.78, 5) is 0. The fraction of sp³-hybridized carbons (Fsp3) is 0.143. The molecule has 0 aromatic heterocycles. The second kappa shape index (κ2) is 2.89. The quantitative estimate of drug-likeness (QED) is 0.590. The van der Waals surface area contributed by atoms with Gasteiger partial charge in [0.1, 0.15) is 5.82 Å². The lowest BCUT2D eigenvalue weighted by Gasteiger charge is -1.99. The Kier molecular flexibility index (Phi) is 2.32. The van der Waals surface area contributed by atoms with Gasteiger partial charge in [-0.2, -0.15) is 0 Å². The molecule has 1 rings (SSSR count). The van der Waals surface area contributed by atoms with Crippen LogP contribution in [0.4, 0.5) is 4.39 Å². The number of hydrogen-bond donors (Lipinski definition) is 0. The van der Waals surface area contributed by atoms with Crippen LogP contribution in [0, 0.1) is 12.7 Å². The molecule has 0 aliphatic heterocycles. The monoisotopic (exact) mass is 222 g/mol. The second-order valence-corrected chi connectivity index (χ2v) is 3.19. The van der Waals surface area contributed by atoms with Crippen LogP contribution in [0.5, 0.6) is 0 Å². The summed E-state index contributed by atoms with van der Waals surface area (Å²) >= 11 is 8.62. The van der Waals surface area contributed by atoms with Gasteiger partial charge in [0.2, 0.25) is 0 Å². The van der Waals surface area contributed by atoms with Crippen molar-refractivity contribution in [3.63, 3.8) is 0 Å². The largest absolute Gasteiger partial charge is 0.205 e. The summed E-state index contributed by atoms with van der Waals surface area (Å²) in [5.74, 6) is -0.285. The topological polar surface area (TPSA) is 0 Å². The highest BCUT2D eigenvalue weighted by Crippen LogP contribution is 2.26. The van der Waals surface area contributed by atoms with E-state index in [0.29, 0.717) is 15.1 Å². The zero-order valence-electron chi connectivity index (χ0n) is 5.29. The molecular formula is C7H5BrClF. The third-order valence-electron chi connectivity index (χ3n) is 1.23. The van der Waals surface area contributed by atoms with Gasteiger partial charge in [-0.15, -0.1) is 0 Å². The lowest BCUT2D eigenvalue weighted by Crippen LogP contribution is -1.83. The van der Waals surface area contributed by atoms with Crippen molar-refractivity contribution in [2.45, 2.75) is 6.92 Å². The van der Waals surface area contributed by atoms with Crippen molar-refractivity contribution in [2.24, 2.45) is 0 Å². The summed E-state index contributed by atoms with van der Waals surface area (Å²) in [5, 5.41) is 0.406. The average Bonchev–Trinajstić information content (AvgIpc) is 1.93. The molecule has 0 fully saturated rings. The van der Waals surface area contributed by atoms with E-state index < -0.39 is 0 Å². The first-order valence-electron chi connectivity index (χ1n) is 2.73. The highest BCUT2D eigenvalue weighted by Gasteiger charge is 2.05. The molecule has 0 amide bonds. The zero-order valence-corrected chi connectivity index (χ0v) is 7.63.